The third-order valence-electron chi connectivity index (χ3n) is 12.3. The largest absolute Gasteiger partial charge is 0.492 e. The zero-order chi connectivity index (χ0) is 38.3. The molecule has 2 saturated heterocycles. The van der Waals surface area contributed by atoms with Gasteiger partial charge in [-0.05, 0) is 97.0 Å². The first-order valence-electron chi connectivity index (χ1n) is 21.0. The van der Waals surface area contributed by atoms with E-state index >= 15 is 0 Å². The highest BCUT2D eigenvalue weighted by atomic mass is 32.2. The SMILES string of the molecule is C=CCOC12Oc3ccc(OCCN4CC4)cc3C3C(CCCCO)C(CCCCO)C=C(C(=NOC4CCCCO4)CC1Sc1ccc4ccccc4c1)C32. The van der Waals surface area contributed by atoms with Gasteiger partial charge >= 0.3 is 0 Å². The van der Waals surface area contributed by atoms with Crippen LogP contribution >= 0.6 is 11.8 Å². The van der Waals surface area contributed by atoms with Gasteiger partial charge in [-0.15, -0.1) is 18.3 Å². The minimum Gasteiger partial charge on any atom is -0.492 e. The fraction of sp³-hybridized carbons (Fsp3) is 0.543. The van der Waals surface area contributed by atoms with Gasteiger partial charge in [-0.2, -0.15) is 0 Å². The van der Waals surface area contributed by atoms with E-state index in [-0.39, 0.29) is 48.4 Å². The van der Waals surface area contributed by atoms with E-state index in [9.17, 15) is 10.2 Å². The summed E-state index contributed by atoms with van der Waals surface area (Å²) in [6.45, 7) is 9.26. The second-order valence-corrected chi connectivity index (χ2v) is 17.2. The van der Waals surface area contributed by atoms with Crippen molar-refractivity contribution in [2.45, 2.75) is 92.3 Å². The molecule has 3 aliphatic heterocycles. The molecule has 0 amide bonds. The summed E-state index contributed by atoms with van der Waals surface area (Å²) in [5.41, 5.74) is 3.18. The van der Waals surface area contributed by atoms with Crippen molar-refractivity contribution in [1.29, 1.82) is 0 Å². The van der Waals surface area contributed by atoms with Gasteiger partial charge in [0.05, 0.1) is 30.1 Å². The van der Waals surface area contributed by atoms with Crippen molar-refractivity contribution in [2.75, 3.05) is 52.7 Å². The molecule has 0 bridgehead atoms. The standard InChI is InChI=1S/C46H58N2O7S/c1-2-25-53-46-42(56-36-18-16-32-11-3-4-12-33(32)28-36)31-40(47-55-43-15-7-10-26-52-43)38-29-34(13-5-8-23-49)37(14-6-9-24-50)44(45(38)46)39-30-35(17-19-41(39)54-46)51-27-22-48-20-21-48/h2-4,11-12,16-19,28-30,34,37,42-45,49-50H,1,5-10,13-15,20-27,31H2. The number of nitrogens with zero attached hydrogens (tertiary/aromatic N) is 2. The highest BCUT2D eigenvalue weighted by molar-refractivity contribution is 8.00. The van der Waals surface area contributed by atoms with Gasteiger partial charge in [0.1, 0.15) is 18.1 Å². The van der Waals surface area contributed by atoms with E-state index in [1.165, 1.54) is 10.8 Å². The van der Waals surface area contributed by atoms with Crippen molar-refractivity contribution in [3.05, 3.63) is 90.5 Å². The molecule has 8 rings (SSSR count). The number of oxime groups is 1. The molecule has 0 aromatic heterocycles. The Labute approximate surface area is 336 Å². The first-order chi connectivity index (χ1) is 27.6. The van der Waals surface area contributed by atoms with Gasteiger partial charge in [0.25, 0.3) is 0 Å². The Morgan fingerprint density at radius 2 is 1.80 bits per heavy atom. The summed E-state index contributed by atoms with van der Waals surface area (Å²) in [4.78, 5) is 9.80. The molecule has 5 aliphatic rings. The maximum atomic E-state index is 9.95. The van der Waals surface area contributed by atoms with Crippen molar-refractivity contribution in [3.8, 4) is 11.5 Å². The summed E-state index contributed by atoms with van der Waals surface area (Å²) < 4.78 is 27.0. The maximum Gasteiger partial charge on any atom is 0.231 e. The highest BCUT2D eigenvalue weighted by Crippen LogP contribution is 2.63. The van der Waals surface area contributed by atoms with Crippen LogP contribution in [0.25, 0.3) is 10.8 Å². The van der Waals surface area contributed by atoms with Gasteiger partial charge < -0.3 is 34.0 Å². The average molecular weight is 783 g/mol. The zero-order valence-corrected chi connectivity index (χ0v) is 33.4. The number of rotatable bonds is 19. The number of hydrogen-bond acceptors (Lipinski definition) is 10. The normalized spacial score (nSPS) is 28.9. The van der Waals surface area contributed by atoms with E-state index < -0.39 is 5.79 Å². The summed E-state index contributed by atoms with van der Waals surface area (Å²) >= 11 is 1.79. The molecule has 2 N–H and O–H groups in total. The number of thioether (sulfide) groups is 1. The van der Waals surface area contributed by atoms with Crippen LogP contribution in [0.4, 0.5) is 0 Å². The number of fused-ring (bicyclic) bond motifs is 3. The molecular formula is C46H58N2O7S. The van der Waals surface area contributed by atoms with Crippen LogP contribution in [-0.4, -0.2) is 90.8 Å². The van der Waals surface area contributed by atoms with Crippen LogP contribution in [0.3, 0.4) is 0 Å². The van der Waals surface area contributed by atoms with E-state index in [0.717, 1.165) is 111 Å². The summed E-state index contributed by atoms with van der Waals surface area (Å²) in [6, 6.07) is 21.5. The summed E-state index contributed by atoms with van der Waals surface area (Å²) in [7, 11) is 0. The van der Waals surface area contributed by atoms with E-state index in [0.29, 0.717) is 26.2 Å². The smallest absolute Gasteiger partial charge is 0.231 e. The lowest BCUT2D eigenvalue weighted by Gasteiger charge is -2.58. The minimum absolute atomic E-state index is 0.00764. The molecule has 300 valence electrons. The molecule has 3 aromatic carbocycles. The van der Waals surface area contributed by atoms with Crippen molar-refractivity contribution in [3.63, 3.8) is 0 Å². The number of allylic oxidation sites excluding steroid dienone is 1. The number of aliphatic hydroxyl groups is 2. The third kappa shape index (κ3) is 8.71. The molecule has 7 atom stereocenters. The van der Waals surface area contributed by atoms with Crippen molar-refractivity contribution in [1.82, 2.24) is 4.90 Å². The Kier molecular flexibility index (Phi) is 13.0. The summed E-state index contributed by atoms with van der Waals surface area (Å²) in [5.74, 6) is 0.858. The Morgan fingerprint density at radius 1 is 0.964 bits per heavy atom. The first-order valence-corrected chi connectivity index (χ1v) is 21.8. The monoisotopic (exact) mass is 782 g/mol. The van der Waals surface area contributed by atoms with Crippen LogP contribution < -0.4 is 9.47 Å². The summed E-state index contributed by atoms with van der Waals surface area (Å²) in [6.07, 6.45) is 12.6. The molecular weight excluding hydrogens is 725 g/mol. The molecule has 0 radical (unpaired) electrons. The molecule has 56 heavy (non-hydrogen) atoms. The van der Waals surface area contributed by atoms with Crippen LogP contribution in [0, 0.1) is 17.8 Å². The molecule has 2 aliphatic carbocycles. The van der Waals surface area contributed by atoms with E-state index in [1.807, 2.05) is 12.1 Å². The Hall–Kier alpha value is -3.38. The summed E-state index contributed by atoms with van der Waals surface area (Å²) in [5, 5.41) is 27.0. The second kappa shape index (κ2) is 18.5. The van der Waals surface area contributed by atoms with Gasteiger partial charge in [-0.3, -0.25) is 4.90 Å². The molecule has 1 saturated carbocycles. The van der Waals surface area contributed by atoms with E-state index in [1.54, 1.807) is 11.8 Å². The van der Waals surface area contributed by atoms with Crippen LogP contribution in [0.5, 0.6) is 11.5 Å². The number of unbranched alkanes of at least 4 members (excludes halogenated alkanes) is 2. The number of ether oxygens (including phenoxy) is 4. The number of benzene rings is 3. The highest BCUT2D eigenvalue weighted by Gasteiger charge is 2.64. The van der Waals surface area contributed by atoms with Crippen LogP contribution in [0.2, 0.25) is 0 Å². The first kappa shape index (κ1) is 39.4. The maximum absolute atomic E-state index is 9.95. The lowest BCUT2D eigenvalue weighted by molar-refractivity contribution is -0.223. The van der Waals surface area contributed by atoms with Crippen molar-refractivity contribution in [2.24, 2.45) is 22.9 Å². The molecule has 9 nitrogen and oxygen atoms in total. The lowest BCUT2D eigenvalue weighted by Crippen LogP contribution is -2.64. The van der Waals surface area contributed by atoms with E-state index in [4.69, 9.17) is 28.9 Å². The molecule has 0 spiro atoms. The molecule has 3 fully saturated rings. The van der Waals surface area contributed by atoms with Crippen LogP contribution in [0.15, 0.2) is 95.0 Å². The molecule has 3 aromatic rings. The zero-order valence-electron chi connectivity index (χ0n) is 32.6. The quantitative estimate of drug-likeness (QED) is 0.0537. The third-order valence-corrected chi connectivity index (χ3v) is 13.6. The minimum atomic E-state index is -1.05. The van der Waals surface area contributed by atoms with Crippen LogP contribution in [-0.2, 0) is 14.3 Å². The number of aliphatic hydroxyl groups excluding tert-OH is 2. The lowest BCUT2D eigenvalue weighted by atomic mass is 9.56. The van der Waals surface area contributed by atoms with Crippen molar-refractivity contribution < 1.29 is 34.0 Å². The fourth-order valence-electron chi connectivity index (χ4n) is 9.42. The predicted octanol–water partition coefficient (Wildman–Crippen LogP) is 8.49. The van der Waals surface area contributed by atoms with Gasteiger partial charge in [-0.25, -0.2) is 0 Å². The fourth-order valence-corrected chi connectivity index (χ4v) is 10.8. The van der Waals surface area contributed by atoms with E-state index in [2.05, 4.69) is 72.2 Å². The Balaban J connectivity index is 1.27. The Bertz CT molecular complexity index is 1860. The van der Waals surface area contributed by atoms with Crippen molar-refractivity contribution >= 4 is 28.2 Å². The molecule has 7 unspecified atom stereocenters. The number of hydrogen-bond donors (Lipinski definition) is 2. The van der Waals surface area contributed by atoms with Gasteiger partial charge in [-0.1, -0.05) is 60.5 Å². The second-order valence-electron chi connectivity index (χ2n) is 16.0. The van der Waals surface area contributed by atoms with Gasteiger partial charge in [0.2, 0.25) is 12.1 Å². The molecule has 10 heteroatoms. The Morgan fingerprint density at radius 3 is 2.59 bits per heavy atom. The molecule has 3 heterocycles. The van der Waals surface area contributed by atoms with Crippen LogP contribution in [0.1, 0.15) is 75.7 Å². The van der Waals surface area contributed by atoms with Gasteiger partial charge in [0, 0.05) is 62.1 Å². The topological polar surface area (TPSA) is 102 Å². The van der Waals surface area contributed by atoms with Gasteiger partial charge in [0.15, 0.2) is 0 Å². The predicted molar refractivity (Wildman–Crippen MR) is 221 cm³/mol. The average Bonchev–Trinajstić information content (AvgIpc) is 4.06.